The third-order valence-corrected chi connectivity index (χ3v) is 1.74. The fourth-order valence-corrected chi connectivity index (χ4v) is 0.712. The van der Waals surface area contributed by atoms with Crippen molar-refractivity contribution in [3.05, 3.63) is 0 Å². The zero-order valence-electron chi connectivity index (χ0n) is 3.44. The zero-order valence-corrected chi connectivity index (χ0v) is 4.34. The molecule has 1 saturated heterocycles. The molecule has 0 bridgehead atoms. The summed E-state index contributed by atoms with van der Waals surface area (Å²) in [5, 5.41) is 0. The summed E-state index contributed by atoms with van der Waals surface area (Å²) in [7, 11) is -3.85. The quantitative estimate of drug-likeness (QED) is 0.366. The predicted molar refractivity (Wildman–Crippen MR) is 21.8 cm³/mol. The molecule has 0 amide bonds. The molecule has 0 radical (unpaired) electrons. The van der Waals surface area contributed by atoms with Gasteiger partial charge >= 0.3 is 7.60 Å². The van der Waals surface area contributed by atoms with Crippen molar-refractivity contribution < 1.29 is 19.1 Å². The van der Waals surface area contributed by atoms with Gasteiger partial charge in [-0.15, -0.1) is 0 Å². The molecule has 1 aliphatic heterocycles. The maximum Gasteiger partial charge on any atom is 0.356 e. The molecular formula is C2H5O4P. The van der Waals surface area contributed by atoms with Gasteiger partial charge in [0.1, 0.15) is 0 Å². The van der Waals surface area contributed by atoms with E-state index in [0.717, 1.165) is 0 Å². The van der Waals surface area contributed by atoms with Gasteiger partial charge in [-0.3, -0.25) is 4.57 Å². The lowest BCUT2D eigenvalue weighted by atomic mass is 11.0. The van der Waals surface area contributed by atoms with Crippen LogP contribution in [0, 0.1) is 0 Å². The molecule has 1 aliphatic rings. The van der Waals surface area contributed by atoms with Crippen molar-refractivity contribution in [2.75, 3.05) is 6.61 Å². The van der Waals surface area contributed by atoms with Crippen molar-refractivity contribution in [2.24, 2.45) is 0 Å². The Labute approximate surface area is 40.3 Å². The average molecular weight is 124 g/mol. The summed E-state index contributed by atoms with van der Waals surface area (Å²) >= 11 is 0. The molecule has 1 heterocycles. The fraction of sp³-hybridized carbons (Fsp3) is 1.00. The lowest BCUT2D eigenvalue weighted by Gasteiger charge is -1.92. The van der Waals surface area contributed by atoms with Gasteiger partial charge < -0.3 is 14.5 Å². The van der Waals surface area contributed by atoms with Gasteiger partial charge in [-0.1, -0.05) is 0 Å². The molecule has 4 nitrogen and oxygen atoms in total. The molecule has 42 valence electrons. The van der Waals surface area contributed by atoms with Crippen LogP contribution in [0.15, 0.2) is 0 Å². The van der Waals surface area contributed by atoms with E-state index in [2.05, 4.69) is 4.74 Å². The average Bonchev–Trinajstić information content (AvgIpc) is 1.99. The SMILES string of the molecule is O=P(O)(O)[C@@H]1CO1. The normalized spacial score (nSPS) is 30.3. The highest BCUT2D eigenvalue weighted by molar-refractivity contribution is 7.52. The lowest BCUT2D eigenvalue weighted by Crippen LogP contribution is -1.84. The lowest BCUT2D eigenvalue weighted by molar-refractivity contribution is 0.338. The molecule has 1 fully saturated rings. The van der Waals surface area contributed by atoms with E-state index in [9.17, 15) is 4.57 Å². The van der Waals surface area contributed by atoms with Crippen LogP contribution >= 0.6 is 7.60 Å². The van der Waals surface area contributed by atoms with E-state index in [1.54, 1.807) is 0 Å². The summed E-state index contributed by atoms with van der Waals surface area (Å²) in [5.41, 5.74) is 0. The van der Waals surface area contributed by atoms with Crippen molar-refractivity contribution in [3.8, 4) is 0 Å². The second-order valence-corrected chi connectivity index (χ2v) is 3.13. The molecule has 0 aliphatic carbocycles. The maximum absolute atomic E-state index is 9.96. The molecule has 0 aromatic heterocycles. The largest absolute Gasteiger partial charge is 0.360 e. The van der Waals surface area contributed by atoms with E-state index in [1.807, 2.05) is 0 Å². The van der Waals surface area contributed by atoms with Crippen LogP contribution in [0.1, 0.15) is 0 Å². The second kappa shape index (κ2) is 1.29. The molecule has 7 heavy (non-hydrogen) atoms. The number of rotatable bonds is 1. The van der Waals surface area contributed by atoms with Crippen LogP contribution in [-0.2, 0) is 9.30 Å². The van der Waals surface area contributed by atoms with E-state index in [0.29, 0.717) is 0 Å². The number of hydrogen-bond donors (Lipinski definition) is 2. The summed E-state index contributed by atoms with van der Waals surface area (Å²) in [6.07, 6.45) is 0. The Kier molecular flexibility index (Phi) is 0.970. The third kappa shape index (κ3) is 1.24. The smallest absolute Gasteiger partial charge is 0.356 e. The van der Waals surface area contributed by atoms with Crippen LogP contribution < -0.4 is 0 Å². The van der Waals surface area contributed by atoms with Gasteiger partial charge in [-0.2, -0.15) is 0 Å². The van der Waals surface area contributed by atoms with E-state index < -0.39 is 13.4 Å². The number of epoxide rings is 1. The van der Waals surface area contributed by atoms with Gasteiger partial charge in [0.2, 0.25) is 0 Å². The van der Waals surface area contributed by atoms with E-state index >= 15 is 0 Å². The van der Waals surface area contributed by atoms with Gasteiger partial charge in [0.05, 0.1) is 6.61 Å². The minimum Gasteiger partial charge on any atom is -0.360 e. The van der Waals surface area contributed by atoms with Crippen molar-refractivity contribution in [2.45, 2.75) is 5.85 Å². The first-order valence-electron chi connectivity index (χ1n) is 1.77. The van der Waals surface area contributed by atoms with Crippen LogP contribution in [0.5, 0.6) is 0 Å². The van der Waals surface area contributed by atoms with Crippen molar-refractivity contribution in [1.82, 2.24) is 0 Å². The maximum atomic E-state index is 9.96. The molecule has 0 aromatic carbocycles. The van der Waals surface area contributed by atoms with Crippen molar-refractivity contribution in [1.29, 1.82) is 0 Å². The molecule has 1 atom stereocenters. The fourth-order valence-electron chi connectivity index (χ4n) is 0.237. The number of ether oxygens (including phenoxy) is 1. The third-order valence-electron chi connectivity index (χ3n) is 0.691. The van der Waals surface area contributed by atoms with Crippen LogP contribution in [0.3, 0.4) is 0 Å². The first-order chi connectivity index (χ1) is 3.11. The Bertz CT molecular complexity index is 111. The summed E-state index contributed by atoms with van der Waals surface area (Å²) in [6.45, 7) is 0.213. The Morgan fingerprint density at radius 2 is 2.14 bits per heavy atom. The van der Waals surface area contributed by atoms with E-state index in [4.69, 9.17) is 9.79 Å². The summed E-state index contributed by atoms with van der Waals surface area (Å²) in [4.78, 5) is 16.3. The molecule has 0 unspecified atom stereocenters. The first-order valence-corrected chi connectivity index (χ1v) is 3.45. The van der Waals surface area contributed by atoms with Crippen molar-refractivity contribution in [3.63, 3.8) is 0 Å². The van der Waals surface area contributed by atoms with Gasteiger partial charge in [0.15, 0.2) is 5.85 Å². The monoisotopic (exact) mass is 124 g/mol. The van der Waals surface area contributed by atoms with Crippen LogP contribution in [0.2, 0.25) is 0 Å². The van der Waals surface area contributed by atoms with Crippen molar-refractivity contribution >= 4 is 7.60 Å². The first kappa shape index (κ1) is 5.25. The number of hydrogen-bond acceptors (Lipinski definition) is 2. The molecule has 0 spiro atoms. The molecule has 0 saturated carbocycles. The Hall–Kier alpha value is 0.110. The minimum absolute atomic E-state index is 0.213. The minimum atomic E-state index is -3.85. The summed E-state index contributed by atoms with van der Waals surface area (Å²) in [6, 6.07) is 0. The van der Waals surface area contributed by atoms with Gasteiger partial charge in [0, 0.05) is 0 Å². The highest BCUT2D eigenvalue weighted by Gasteiger charge is 2.40. The molecular weight excluding hydrogens is 119 g/mol. The molecule has 0 aromatic rings. The molecule has 5 heteroatoms. The van der Waals surface area contributed by atoms with Crippen LogP contribution in [-0.4, -0.2) is 22.2 Å². The van der Waals surface area contributed by atoms with Gasteiger partial charge in [-0.25, -0.2) is 0 Å². The standard InChI is InChI=1S/C2H5O4P/c3-7(4,5)2-1-6-2/h2H,1H2,(H2,3,4,5)/t2-/m1/s1. The Morgan fingerprint density at radius 3 is 2.14 bits per heavy atom. The summed E-state index contributed by atoms with van der Waals surface area (Å²) in [5.74, 6) is -0.785. The summed E-state index contributed by atoms with van der Waals surface area (Å²) < 4.78 is 14.3. The van der Waals surface area contributed by atoms with Crippen LogP contribution in [0.25, 0.3) is 0 Å². The predicted octanol–water partition coefficient (Wildman–Crippen LogP) is -0.480. The molecule has 1 rings (SSSR count). The van der Waals surface area contributed by atoms with E-state index in [1.165, 1.54) is 0 Å². The highest BCUT2D eigenvalue weighted by atomic mass is 31.2. The Morgan fingerprint density at radius 1 is 1.71 bits per heavy atom. The molecule has 2 N–H and O–H groups in total. The van der Waals surface area contributed by atoms with E-state index in [-0.39, 0.29) is 6.61 Å². The topological polar surface area (TPSA) is 70.1 Å². The van der Waals surface area contributed by atoms with Gasteiger partial charge in [-0.05, 0) is 0 Å². The van der Waals surface area contributed by atoms with Crippen LogP contribution in [0.4, 0.5) is 0 Å². The zero-order chi connectivity index (χ0) is 5.49. The Balaban J connectivity index is 2.52. The second-order valence-electron chi connectivity index (χ2n) is 1.38. The highest BCUT2D eigenvalue weighted by Crippen LogP contribution is 2.48. The van der Waals surface area contributed by atoms with Gasteiger partial charge in [0.25, 0.3) is 0 Å².